The summed E-state index contributed by atoms with van der Waals surface area (Å²) in [6.45, 7) is 5.43. The molecule has 0 N–H and O–H groups in total. The number of nitrogens with zero attached hydrogens (tertiary/aromatic N) is 2. The molecule has 154 valence electrons. The molecule has 6 heteroatoms. The standard InChI is InChI=1S/C22H31ClN2O2S/c23-19-6-4-18(5-7-19)22(8-1-2-9-22)21(26)25-10-3-15-28-17-20(25)16-24-11-13-27-14-12-24/h4-7,20H,1-3,8-17H2/t20-/m1/s1. The van der Waals surface area contributed by atoms with Gasteiger partial charge in [0.15, 0.2) is 0 Å². The maximum Gasteiger partial charge on any atom is 0.233 e. The third-order valence-corrected chi connectivity index (χ3v) is 7.99. The van der Waals surface area contributed by atoms with E-state index < -0.39 is 0 Å². The summed E-state index contributed by atoms with van der Waals surface area (Å²) in [6, 6.07) is 8.33. The summed E-state index contributed by atoms with van der Waals surface area (Å²) in [7, 11) is 0. The van der Waals surface area contributed by atoms with Gasteiger partial charge in [0, 0.05) is 37.0 Å². The number of carbonyl (C=O) groups excluding carboxylic acids is 1. The minimum Gasteiger partial charge on any atom is -0.379 e. The van der Waals surface area contributed by atoms with Gasteiger partial charge >= 0.3 is 0 Å². The van der Waals surface area contributed by atoms with Crippen molar-refractivity contribution in [3.05, 3.63) is 34.9 Å². The molecule has 1 aliphatic carbocycles. The summed E-state index contributed by atoms with van der Waals surface area (Å²) in [5.74, 6) is 2.55. The molecule has 0 bridgehead atoms. The van der Waals surface area contributed by atoms with Crippen molar-refractivity contribution in [3.8, 4) is 0 Å². The molecule has 2 aliphatic heterocycles. The Hall–Kier alpha value is -0.750. The highest BCUT2D eigenvalue weighted by molar-refractivity contribution is 7.99. The number of morpholine rings is 1. The predicted molar refractivity (Wildman–Crippen MR) is 116 cm³/mol. The highest BCUT2D eigenvalue weighted by Crippen LogP contribution is 2.43. The summed E-state index contributed by atoms with van der Waals surface area (Å²) < 4.78 is 5.51. The van der Waals surface area contributed by atoms with Crippen LogP contribution in [0.25, 0.3) is 0 Å². The van der Waals surface area contributed by atoms with E-state index in [-0.39, 0.29) is 5.41 Å². The van der Waals surface area contributed by atoms with Crippen LogP contribution in [0.4, 0.5) is 0 Å². The zero-order chi connectivity index (χ0) is 19.4. The van der Waals surface area contributed by atoms with Crippen molar-refractivity contribution < 1.29 is 9.53 Å². The lowest BCUT2D eigenvalue weighted by atomic mass is 9.77. The number of amides is 1. The average molecular weight is 423 g/mol. The van der Waals surface area contributed by atoms with Gasteiger partial charge in [-0.3, -0.25) is 9.69 Å². The first kappa shape index (κ1) is 20.5. The lowest BCUT2D eigenvalue weighted by molar-refractivity contribution is -0.140. The van der Waals surface area contributed by atoms with Gasteiger partial charge in [-0.2, -0.15) is 11.8 Å². The molecule has 3 aliphatic rings. The topological polar surface area (TPSA) is 32.8 Å². The molecule has 3 fully saturated rings. The van der Waals surface area contributed by atoms with Gasteiger partial charge in [-0.25, -0.2) is 0 Å². The number of ether oxygens (including phenoxy) is 1. The Bertz CT molecular complexity index is 657. The van der Waals surface area contributed by atoms with Crippen LogP contribution in [0.15, 0.2) is 24.3 Å². The minimum absolute atomic E-state index is 0.294. The van der Waals surface area contributed by atoms with E-state index in [9.17, 15) is 4.79 Å². The Morgan fingerprint density at radius 1 is 1.11 bits per heavy atom. The lowest BCUT2D eigenvalue weighted by Crippen LogP contribution is -2.55. The van der Waals surface area contributed by atoms with Crippen molar-refractivity contribution in [3.63, 3.8) is 0 Å². The molecule has 2 heterocycles. The summed E-state index contributed by atoms with van der Waals surface area (Å²) in [6.07, 6.45) is 5.27. The molecule has 1 saturated carbocycles. The molecule has 1 aromatic carbocycles. The number of rotatable bonds is 4. The number of benzene rings is 1. The van der Waals surface area contributed by atoms with Crippen molar-refractivity contribution in [2.45, 2.75) is 43.6 Å². The molecule has 2 saturated heterocycles. The fourth-order valence-corrected chi connectivity index (χ4v) is 6.16. The summed E-state index contributed by atoms with van der Waals surface area (Å²) >= 11 is 8.13. The smallest absolute Gasteiger partial charge is 0.233 e. The van der Waals surface area contributed by atoms with Crippen LogP contribution in [0.5, 0.6) is 0 Å². The van der Waals surface area contributed by atoms with E-state index in [1.165, 1.54) is 0 Å². The second-order valence-corrected chi connectivity index (χ2v) is 9.88. The molecular formula is C22H31ClN2O2S. The van der Waals surface area contributed by atoms with Crippen LogP contribution < -0.4 is 0 Å². The van der Waals surface area contributed by atoms with E-state index in [0.717, 1.165) is 93.6 Å². The van der Waals surface area contributed by atoms with E-state index in [1.807, 2.05) is 23.9 Å². The molecule has 1 aromatic rings. The third kappa shape index (κ3) is 4.38. The van der Waals surface area contributed by atoms with Crippen LogP contribution in [0.3, 0.4) is 0 Å². The van der Waals surface area contributed by atoms with Gasteiger partial charge in [-0.15, -0.1) is 0 Å². The molecule has 1 atom stereocenters. The maximum atomic E-state index is 14.1. The Kier molecular flexibility index (Phi) is 6.87. The molecule has 0 spiro atoms. The maximum absolute atomic E-state index is 14.1. The van der Waals surface area contributed by atoms with Gasteiger partial charge in [-0.05, 0) is 42.7 Å². The first-order valence-corrected chi connectivity index (χ1v) is 12.2. The van der Waals surface area contributed by atoms with Crippen molar-refractivity contribution >= 4 is 29.3 Å². The van der Waals surface area contributed by atoms with E-state index >= 15 is 0 Å². The Morgan fingerprint density at radius 3 is 2.54 bits per heavy atom. The molecule has 4 nitrogen and oxygen atoms in total. The molecular weight excluding hydrogens is 392 g/mol. The number of hydrogen-bond donors (Lipinski definition) is 0. The minimum atomic E-state index is -0.358. The molecule has 0 radical (unpaired) electrons. The molecule has 4 rings (SSSR count). The van der Waals surface area contributed by atoms with Crippen molar-refractivity contribution in [1.82, 2.24) is 9.80 Å². The van der Waals surface area contributed by atoms with Crippen LogP contribution in [0, 0.1) is 0 Å². The van der Waals surface area contributed by atoms with E-state index in [4.69, 9.17) is 16.3 Å². The van der Waals surface area contributed by atoms with Gasteiger partial charge < -0.3 is 9.64 Å². The fraction of sp³-hybridized carbons (Fsp3) is 0.682. The number of carbonyl (C=O) groups is 1. The highest BCUT2D eigenvalue weighted by atomic mass is 35.5. The SMILES string of the molecule is O=C(N1CCCSC[C@H]1CN1CCOCC1)C1(c2ccc(Cl)cc2)CCCC1. The van der Waals surface area contributed by atoms with Gasteiger partial charge in [0.25, 0.3) is 0 Å². The number of halogens is 1. The zero-order valence-corrected chi connectivity index (χ0v) is 18.1. The quantitative estimate of drug-likeness (QED) is 0.738. The lowest BCUT2D eigenvalue weighted by Gasteiger charge is -2.40. The van der Waals surface area contributed by atoms with Crippen LogP contribution >= 0.6 is 23.4 Å². The zero-order valence-electron chi connectivity index (χ0n) is 16.6. The van der Waals surface area contributed by atoms with Gasteiger partial charge in [0.2, 0.25) is 5.91 Å². The first-order chi connectivity index (χ1) is 13.7. The Labute approximate surface area is 177 Å². The Morgan fingerprint density at radius 2 is 1.82 bits per heavy atom. The monoisotopic (exact) mass is 422 g/mol. The predicted octanol–water partition coefficient (Wildman–Crippen LogP) is 3.82. The van der Waals surface area contributed by atoms with E-state index in [1.54, 1.807) is 0 Å². The van der Waals surface area contributed by atoms with Crippen molar-refractivity contribution in [2.75, 3.05) is 50.9 Å². The average Bonchev–Trinajstić information content (AvgIpc) is 3.11. The Balaban J connectivity index is 1.58. The molecule has 28 heavy (non-hydrogen) atoms. The van der Waals surface area contributed by atoms with Crippen LogP contribution in [0.1, 0.15) is 37.7 Å². The van der Waals surface area contributed by atoms with Gasteiger partial charge in [-0.1, -0.05) is 36.6 Å². The van der Waals surface area contributed by atoms with Crippen LogP contribution in [-0.2, 0) is 14.9 Å². The van der Waals surface area contributed by atoms with E-state index in [0.29, 0.717) is 11.9 Å². The molecule has 0 unspecified atom stereocenters. The highest BCUT2D eigenvalue weighted by Gasteiger charge is 2.46. The summed E-state index contributed by atoms with van der Waals surface area (Å²) in [5.41, 5.74) is 0.796. The molecule has 1 amide bonds. The largest absolute Gasteiger partial charge is 0.379 e. The van der Waals surface area contributed by atoms with Crippen molar-refractivity contribution in [2.24, 2.45) is 0 Å². The second-order valence-electron chi connectivity index (χ2n) is 8.29. The first-order valence-electron chi connectivity index (χ1n) is 10.6. The number of hydrogen-bond acceptors (Lipinski definition) is 4. The fourth-order valence-electron chi connectivity index (χ4n) is 4.98. The van der Waals surface area contributed by atoms with Gasteiger partial charge in [0.05, 0.1) is 24.7 Å². The van der Waals surface area contributed by atoms with Crippen LogP contribution in [-0.4, -0.2) is 72.6 Å². The van der Waals surface area contributed by atoms with Crippen molar-refractivity contribution in [1.29, 1.82) is 0 Å². The molecule has 0 aromatic heterocycles. The van der Waals surface area contributed by atoms with E-state index in [2.05, 4.69) is 21.9 Å². The third-order valence-electron chi connectivity index (χ3n) is 6.54. The number of thioether (sulfide) groups is 1. The summed E-state index contributed by atoms with van der Waals surface area (Å²) in [5, 5.41) is 0.737. The summed E-state index contributed by atoms with van der Waals surface area (Å²) in [4.78, 5) is 18.8. The van der Waals surface area contributed by atoms with Gasteiger partial charge in [0.1, 0.15) is 0 Å². The van der Waals surface area contributed by atoms with Crippen LogP contribution in [0.2, 0.25) is 5.02 Å². The normalized spacial score (nSPS) is 26.2. The second kappa shape index (κ2) is 9.38.